The highest BCUT2D eigenvalue weighted by atomic mass is 19.4. The quantitative estimate of drug-likeness (QED) is 0.463. The van der Waals surface area contributed by atoms with E-state index in [1.54, 1.807) is 12.1 Å². The average Bonchev–Trinajstić information content (AvgIpc) is 3.07. The maximum absolute atomic E-state index is 13.5. The van der Waals surface area contributed by atoms with Crippen molar-refractivity contribution in [2.75, 3.05) is 12.8 Å². The van der Waals surface area contributed by atoms with Gasteiger partial charge in [0.05, 0.1) is 12.7 Å². The molecule has 0 saturated carbocycles. The van der Waals surface area contributed by atoms with Crippen molar-refractivity contribution in [3.63, 3.8) is 0 Å². The third-order valence-electron chi connectivity index (χ3n) is 4.65. The van der Waals surface area contributed by atoms with Gasteiger partial charge in [-0.05, 0) is 23.8 Å². The molecule has 5 N–H and O–H groups in total. The molecule has 0 bridgehead atoms. The number of nitrogens with one attached hydrogen (secondary N) is 1. The molecule has 3 aromatic rings. The molecule has 8 nitrogen and oxygen atoms in total. The van der Waals surface area contributed by atoms with E-state index < -0.39 is 36.2 Å². The number of primary amides is 1. The van der Waals surface area contributed by atoms with Crippen molar-refractivity contribution in [3.8, 4) is 17.0 Å². The molecule has 0 saturated heterocycles. The van der Waals surface area contributed by atoms with Gasteiger partial charge in [0.25, 0.3) is 11.8 Å². The number of carbonyl (C=O) groups is 2. The lowest BCUT2D eigenvalue weighted by Crippen LogP contribution is -2.23. The Hall–Kier alpha value is -4.09. The van der Waals surface area contributed by atoms with Crippen molar-refractivity contribution in [3.05, 3.63) is 65.0 Å². The van der Waals surface area contributed by atoms with Gasteiger partial charge in [0.2, 0.25) is 0 Å². The van der Waals surface area contributed by atoms with Gasteiger partial charge in [-0.3, -0.25) is 9.59 Å². The van der Waals surface area contributed by atoms with E-state index in [-0.39, 0.29) is 29.1 Å². The predicted molar refractivity (Wildman–Crippen MR) is 111 cm³/mol. The minimum atomic E-state index is -4.60. The summed E-state index contributed by atoms with van der Waals surface area (Å²) in [5, 5.41) is 6.43. The molecule has 0 spiro atoms. The van der Waals surface area contributed by atoms with Gasteiger partial charge in [-0.25, -0.2) is 9.07 Å². The predicted octanol–water partition coefficient (Wildman–Crippen LogP) is 2.87. The summed E-state index contributed by atoms with van der Waals surface area (Å²) in [5.74, 6) is -2.47. The van der Waals surface area contributed by atoms with Gasteiger partial charge in [-0.15, -0.1) is 0 Å². The summed E-state index contributed by atoms with van der Waals surface area (Å²) in [4.78, 5) is 24.2. The number of nitrogen functional groups attached to an aromatic ring is 1. The molecule has 1 heterocycles. The van der Waals surface area contributed by atoms with E-state index in [4.69, 9.17) is 16.2 Å². The normalized spacial score (nSPS) is 11.3. The molecule has 33 heavy (non-hydrogen) atoms. The van der Waals surface area contributed by atoms with Crippen LogP contribution in [-0.2, 0) is 13.1 Å². The molecule has 0 unspecified atom stereocenters. The zero-order valence-corrected chi connectivity index (χ0v) is 17.2. The minimum Gasteiger partial charge on any atom is -0.496 e. The number of aromatic nitrogens is 2. The molecule has 0 fully saturated rings. The van der Waals surface area contributed by atoms with E-state index in [2.05, 4.69) is 10.4 Å². The average molecular weight is 465 g/mol. The third kappa shape index (κ3) is 5.40. The monoisotopic (exact) mass is 465 g/mol. The van der Waals surface area contributed by atoms with Crippen LogP contribution in [0.2, 0.25) is 0 Å². The van der Waals surface area contributed by atoms with E-state index in [1.807, 2.05) is 0 Å². The standard InChI is InChI=1S/C21H19F4N5O3/c1-33-15-7-6-13(22)8-14(15)20(32)28-9-11-2-4-12(5-3-11)17-16(19(27)31)18(26)30(29-17)10-21(23,24)25/h2-8H,9-10,26H2,1H3,(H2,27,31)(H,28,32). The number of alkyl halides is 3. The number of ether oxygens (including phenoxy) is 1. The van der Waals surface area contributed by atoms with Crippen LogP contribution in [0.3, 0.4) is 0 Å². The molecule has 0 aliphatic heterocycles. The largest absolute Gasteiger partial charge is 0.496 e. The van der Waals surface area contributed by atoms with Gasteiger partial charge in [0.1, 0.15) is 35.2 Å². The molecule has 3 rings (SSSR count). The molecule has 12 heteroatoms. The van der Waals surface area contributed by atoms with Gasteiger partial charge in [0.15, 0.2) is 0 Å². The van der Waals surface area contributed by atoms with Gasteiger partial charge in [0, 0.05) is 12.1 Å². The number of anilines is 1. The van der Waals surface area contributed by atoms with Gasteiger partial charge in [-0.2, -0.15) is 18.3 Å². The summed E-state index contributed by atoms with van der Waals surface area (Å²) in [5.41, 5.74) is 11.5. The Morgan fingerprint density at radius 2 is 1.82 bits per heavy atom. The maximum atomic E-state index is 13.5. The highest BCUT2D eigenvalue weighted by Crippen LogP contribution is 2.29. The molecule has 1 aromatic heterocycles. The number of rotatable bonds is 7. The molecule has 0 aliphatic rings. The van der Waals surface area contributed by atoms with Crippen LogP contribution in [0.4, 0.5) is 23.4 Å². The van der Waals surface area contributed by atoms with E-state index in [9.17, 15) is 27.2 Å². The molecule has 0 radical (unpaired) electrons. The Morgan fingerprint density at radius 1 is 1.15 bits per heavy atom. The number of methoxy groups -OCH3 is 1. The lowest BCUT2D eigenvalue weighted by molar-refractivity contribution is -0.142. The summed E-state index contributed by atoms with van der Waals surface area (Å²) in [6.45, 7) is -1.42. The Balaban J connectivity index is 1.80. The van der Waals surface area contributed by atoms with Crippen molar-refractivity contribution >= 4 is 17.6 Å². The summed E-state index contributed by atoms with van der Waals surface area (Å²) in [6, 6.07) is 9.68. The van der Waals surface area contributed by atoms with E-state index in [0.29, 0.717) is 15.8 Å². The second-order valence-electron chi connectivity index (χ2n) is 6.97. The van der Waals surface area contributed by atoms with Crippen molar-refractivity contribution in [1.29, 1.82) is 0 Å². The second kappa shape index (κ2) is 9.18. The van der Waals surface area contributed by atoms with Crippen LogP contribution >= 0.6 is 0 Å². The first-order valence-electron chi connectivity index (χ1n) is 9.44. The van der Waals surface area contributed by atoms with E-state index >= 15 is 0 Å². The van der Waals surface area contributed by atoms with Crippen LogP contribution in [0.5, 0.6) is 5.75 Å². The van der Waals surface area contributed by atoms with Crippen molar-refractivity contribution in [2.45, 2.75) is 19.3 Å². The first-order chi connectivity index (χ1) is 15.5. The number of amides is 2. The highest BCUT2D eigenvalue weighted by Gasteiger charge is 2.32. The van der Waals surface area contributed by atoms with E-state index in [1.165, 1.54) is 25.3 Å². The lowest BCUT2D eigenvalue weighted by Gasteiger charge is -2.10. The molecular formula is C21H19F4N5O3. The summed E-state index contributed by atoms with van der Waals surface area (Å²) in [6.07, 6.45) is -4.60. The number of hydrogen-bond acceptors (Lipinski definition) is 5. The Kier molecular flexibility index (Phi) is 6.56. The van der Waals surface area contributed by atoms with Crippen LogP contribution < -0.4 is 21.5 Å². The Bertz CT molecular complexity index is 1190. The first-order valence-corrected chi connectivity index (χ1v) is 9.44. The van der Waals surface area contributed by atoms with Crippen LogP contribution in [0.1, 0.15) is 26.3 Å². The van der Waals surface area contributed by atoms with Crippen LogP contribution in [-0.4, -0.2) is 34.9 Å². The van der Waals surface area contributed by atoms with Crippen molar-refractivity contribution < 1.29 is 31.9 Å². The molecule has 0 atom stereocenters. The fraction of sp³-hybridized carbons (Fsp3) is 0.190. The smallest absolute Gasteiger partial charge is 0.408 e. The SMILES string of the molecule is COc1ccc(F)cc1C(=O)NCc1ccc(-c2nn(CC(F)(F)F)c(N)c2C(N)=O)cc1. The Morgan fingerprint density at radius 3 is 2.39 bits per heavy atom. The van der Waals surface area contributed by atoms with E-state index in [0.717, 1.165) is 12.1 Å². The number of carbonyl (C=O) groups excluding carboxylic acids is 2. The molecular weight excluding hydrogens is 446 g/mol. The molecule has 174 valence electrons. The zero-order chi connectivity index (χ0) is 24.3. The number of halogens is 4. The number of benzene rings is 2. The molecule has 2 amide bonds. The number of nitrogens with two attached hydrogens (primary N) is 2. The summed E-state index contributed by atoms with van der Waals surface area (Å²) >= 11 is 0. The summed E-state index contributed by atoms with van der Waals surface area (Å²) in [7, 11) is 1.35. The number of hydrogen-bond donors (Lipinski definition) is 3. The van der Waals surface area contributed by atoms with Gasteiger partial charge >= 0.3 is 6.18 Å². The van der Waals surface area contributed by atoms with Crippen molar-refractivity contribution in [2.24, 2.45) is 5.73 Å². The van der Waals surface area contributed by atoms with Gasteiger partial charge in [-0.1, -0.05) is 24.3 Å². The third-order valence-corrected chi connectivity index (χ3v) is 4.65. The zero-order valence-electron chi connectivity index (χ0n) is 17.2. The fourth-order valence-corrected chi connectivity index (χ4v) is 3.13. The lowest BCUT2D eigenvalue weighted by atomic mass is 10.0. The van der Waals surface area contributed by atoms with Crippen LogP contribution in [0, 0.1) is 5.82 Å². The topological polar surface area (TPSA) is 125 Å². The highest BCUT2D eigenvalue weighted by molar-refractivity contribution is 6.03. The summed E-state index contributed by atoms with van der Waals surface area (Å²) < 4.78 is 57.3. The fourth-order valence-electron chi connectivity index (χ4n) is 3.13. The number of nitrogens with zero attached hydrogens (tertiary/aromatic N) is 2. The maximum Gasteiger partial charge on any atom is 0.408 e. The molecule has 2 aromatic carbocycles. The Labute approximate surface area is 185 Å². The second-order valence-corrected chi connectivity index (χ2v) is 6.97. The minimum absolute atomic E-state index is 0.0194. The molecule has 0 aliphatic carbocycles. The van der Waals surface area contributed by atoms with Crippen LogP contribution in [0.15, 0.2) is 42.5 Å². The van der Waals surface area contributed by atoms with Gasteiger partial charge < -0.3 is 21.5 Å². The first kappa shape index (κ1) is 23.6. The van der Waals surface area contributed by atoms with Crippen LogP contribution in [0.25, 0.3) is 11.3 Å². The van der Waals surface area contributed by atoms with Crippen molar-refractivity contribution in [1.82, 2.24) is 15.1 Å².